The molecule has 3 aromatic carbocycles. The highest BCUT2D eigenvalue weighted by Gasteiger charge is 2.32. The van der Waals surface area contributed by atoms with Gasteiger partial charge in [0.25, 0.3) is 0 Å². The number of amides is 1. The summed E-state index contributed by atoms with van der Waals surface area (Å²) in [5, 5.41) is 2.29. The molecule has 3 aromatic rings. The van der Waals surface area contributed by atoms with Crippen molar-refractivity contribution in [3.8, 4) is 0 Å². The maximum atomic E-state index is 13.1. The summed E-state index contributed by atoms with van der Waals surface area (Å²) < 4.78 is 13.1. The predicted octanol–water partition coefficient (Wildman–Crippen LogP) is 4.71. The van der Waals surface area contributed by atoms with E-state index in [1.165, 1.54) is 12.1 Å². The summed E-state index contributed by atoms with van der Waals surface area (Å²) in [6, 6.07) is 21.0. The predicted molar refractivity (Wildman–Crippen MR) is 97.6 cm³/mol. The highest BCUT2D eigenvalue weighted by atomic mass is 19.1. The van der Waals surface area contributed by atoms with Gasteiger partial charge in [-0.05, 0) is 46.9 Å². The molecule has 0 radical (unpaired) electrons. The third-order valence-corrected chi connectivity index (χ3v) is 4.80. The lowest BCUT2D eigenvalue weighted by atomic mass is 10.0. The molecule has 0 aromatic heterocycles. The summed E-state index contributed by atoms with van der Waals surface area (Å²) >= 11 is 0. The average molecular weight is 333 g/mol. The molecule has 2 nitrogen and oxygen atoms in total. The topological polar surface area (TPSA) is 20.3 Å². The first-order valence-corrected chi connectivity index (χ1v) is 8.71. The molecule has 1 saturated carbocycles. The maximum absolute atomic E-state index is 13.1. The minimum Gasteiger partial charge on any atom is -0.335 e. The molecule has 0 aliphatic heterocycles. The van der Waals surface area contributed by atoms with Crippen molar-refractivity contribution in [3.05, 3.63) is 83.7 Å². The molecule has 1 amide bonds. The highest BCUT2D eigenvalue weighted by Crippen LogP contribution is 2.30. The second kappa shape index (κ2) is 6.67. The van der Waals surface area contributed by atoms with Crippen molar-refractivity contribution >= 4 is 16.7 Å². The number of hydrogen-bond donors (Lipinski definition) is 0. The fourth-order valence-electron chi connectivity index (χ4n) is 3.30. The van der Waals surface area contributed by atoms with E-state index in [4.69, 9.17) is 0 Å². The van der Waals surface area contributed by atoms with E-state index in [0.717, 1.165) is 34.7 Å². The minimum absolute atomic E-state index is 0.142. The van der Waals surface area contributed by atoms with Gasteiger partial charge in [-0.1, -0.05) is 54.6 Å². The van der Waals surface area contributed by atoms with Gasteiger partial charge in [0.1, 0.15) is 5.82 Å². The van der Waals surface area contributed by atoms with Crippen molar-refractivity contribution in [2.24, 2.45) is 0 Å². The molecular formula is C22H20FNO. The standard InChI is InChI=1S/C22H20FNO/c23-19-10-8-16(9-11-19)15-24(20-12-13-20)22(25)14-18-6-3-5-17-4-1-2-7-21(17)18/h1-11,20H,12-15H2. The normalized spacial score (nSPS) is 13.8. The van der Waals surface area contributed by atoms with Crippen LogP contribution in [0.2, 0.25) is 0 Å². The van der Waals surface area contributed by atoms with Crippen LogP contribution < -0.4 is 0 Å². The molecule has 126 valence electrons. The van der Waals surface area contributed by atoms with Gasteiger partial charge >= 0.3 is 0 Å². The molecule has 0 bridgehead atoms. The molecule has 0 unspecified atom stereocenters. The maximum Gasteiger partial charge on any atom is 0.227 e. The summed E-state index contributed by atoms with van der Waals surface area (Å²) in [5.41, 5.74) is 2.03. The Labute approximate surface area is 146 Å². The Bertz CT molecular complexity index is 894. The number of carbonyl (C=O) groups excluding carboxylic acids is 1. The summed E-state index contributed by atoms with van der Waals surface area (Å²) in [5.74, 6) is -0.105. The third-order valence-electron chi connectivity index (χ3n) is 4.80. The fourth-order valence-corrected chi connectivity index (χ4v) is 3.30. The second-order valence-corrected chi connectivity index (χ2v) is 6.69. The minimum atomic E-state index is -0.246. The van der Waals surface area contributed by atoms with Gasteiger partial charge in [-0.15, -0.1) is 0 Å². The molecular weight excluding hydrogens is 313 g/mol. The molecule has 0 heterocycles. The van der Waals surface area contributed by atoms with Crippen molar-refractivity contribution in [2.45, 2.75) is 31.8 Å². The van der Waals surface area contributed by atoms with Gasteiger partial charge in [-0.2, -0.15) is 0 Å². The Morgan fingerprint density at radius 2 is 1.68 bits per heavy atom. The molecule has 1 aliphatic carbocycles. The van der Waals surface area contributed by atoms with Gasteiger partial charge in [0.15, 0.2) is 0 Å². The van der Waals surface area contributed by atoms with Gasteiger partial charge in [-0.25, -0.2) is 4.39 Å². The first-order valence-electron chi connectivity index (χ1n) is 8.71. The van der Waals surface area contributed by atoms with E-state index < -0.39 is 0 Å². The van der Waals surface area contributed by atoms with Crippen LogP contribution >= 0.6 is 0 Å². The molecule has 1 fully saturated rings. The third kappa shape index (κ3) is 3.55. The highest BCUT2D eigenvalue weighted by molar-refractivity contribution is 5.90. The number of benzene rings is 3. The SMILES string of the molecule is O=C(Cc1cccc2ccccc12)N(Cc1ccc(F)cc1)C1CC1. The first kappa shape index (κ1) is 15.8. The summed E-state index contributed by atoms with van der Waals surface area (Å²) in [6.45, 7) is 0.550. The van der Waals surface area contributed by atoms with Crippen molar-refractivity contribution in [2.75, 3.05) is 0 Å². The number of halogens is 1. The molecule has 0 spiro atoms. The van der Waals surface area contributed by atoms with Gasteiger partial charge in [0.2, 0.25) is 5.91 Å². The zero-order valence-electron chi connectivity index (χ0n) is 14.0. The lowest BCUT2D eigenvalue weighted by molar-refractivity contribution is -0.131. The van der Waals surface area contributed by atoms with Crippen LogP contribution in [0.5, 0.6) is 0 Å². The monoisotopic (exact) mass is 333 g/mol. The molecule has 0 N–H and O–H groups in total. The summed E-state index contributed by atoms with van der Waals surface area (Å²) in [6.07, 6.45) is 2.52. The van der Waals surface area contributed by atoms with E-state index in [1.54, 1.807) is 12.1 Å². The quantitative estimate of drug-likeness (QED) is 0.662. The number of hydrogen-bond acceptors (Lipinski definition) is 1. The number of nitrogens with zero attached hydrogens (tertiary/aromatic N) is 1. The van der Waals surface area contributed by atoms with Gasteiger partial charge in [0.05, 0.1) is 6.42 Å². The molecule has 1 aliphatic rings. The Morgan fingerprint density at radius 3 is 2.44 bits per heavy atom. The van der Waals surface area contributed by atoms with Crippen molar-refractivity contribution < 1.29 is 9.18 Å². The van der Waals surface area contributed by atoms with Crippen LogP contribution in [0, 0.1) is 5.82 Å². The Kier molecular flexibility index (Phi) is 4.22. The smallest absolute Gasteiger partial charge is 0.227 e. The van der Waals surface area contributed by atoms with Crippen molar-refractivity contribution in [1.29, 1.82) is 0 Å². The lowest BCUT2D eigenvalue weighted by Gasteiger charge is -2.23. The molecule has 0 saturated heterocycles. The van der Waals surface area contributed by atoms with Crippen LogP contribution in [0.15, 0.2) is 66.7 Å². The number of carbonyl (C=O) groups is 1. The van der Waals surface area contributed by atoms with Gasteiger partial charge in [0, 0.05) is 12.6 Å². The number of fused-ring (bicyclic) bond motifs is 1. The fraction of sp³-hybridized carbons (Fsp3) is 0.227. The van der Waals surface area contributed by atoms with E-state index in [9.17, 15) is 9.18 Å². The first-order chi connectivity index (χ1) is 12.2. The zero-order chi connectivity index (χ0) is 17.2. The Morgan fingerprint density at radius 1 is 0.960 bits per heavy atom. The van der Waals surface area contributed by atoms with Crippen LogP contribution in [-0.4, -0.2) is 16.8 Å². The Balaban J connectivity index is 1.55. The molecule has 0 atom stereocenters. The van der Waals surface area contributed by atoms with Crippen LogP contribution in [-0.2, 0) is 17.8 Å². The van der Waals surface area contributed by atoms with Crippen LogP contribution in [0.4, 0.5) is 4.39 Å². The average Bonchev–Trinajstić information content (AvgIpc) is 3.46. The van der Waals surface area contributed by atoms with E-state index >= 15 is 0 Å². The van der Waals surface area contributed by atoms with Crippen molar-refractivity contribution in [1.82, 2.24) is 4.90 Å². The van der Waals surface area contributed by atoms with Crippen molar-refractivity contribution in [3.63, 3.8) is 0 Å². The molecule has 4 rings (SSSR count). The number of rotatable bonds is 5. The van der Waals surface area contributed by atoms with Crippen LogP contribution in [0.3, 0.4) is 0 Å². The Hall–Kier alpha value is -2.68. The molecule has 25 heavy (non-hydrogen) atoms. The van der Waals surface area contributed by atoms with E-state index in [0.29, 0.717) is 19.0 Å². The summed E-state index contributed by atoms with van der Waals surface area (Å²) in [7, 11) is 0. The van der Waals surface area contributed by atoms with E-state index in [2.05, 4.69) is 18.2 Å². The van der Waals surface area contributed by atoms with Crippen LogP contribution in [0.1, 0.15) is 24.0 Å². The van der Waals surface area contributed by atoms with E-state index in [1.807, 2.05) is 29.2 Å². The van der Waals surface area contributed by atoms with E-state index in [-0.39, 0.29) is 11.7 Å². The summed E-state index contributed by atoms with van der Waals surface area (Å²) in [4.78, 5) is 14.9. The second-order valence-electron chi connectivity index (χ2n) is 6.69. The molecule has 3 heteroatoms. The zero-order valence-corrected chi connectivity index (χ0v) is 14.0. The van der Waals surface area contributed by atoms with Gasteiger partial charge in [-0.3, -0.25) is 4.79 Å². The van der Waals surface area contributed by atoms with Gasteiger partial charge < -0.3 is 4.90 Å². The largest absolute Gasteiger partial charge is 0.335 e. The lowest BCUT2D eigenvalue weighted by Crippen LogP contribution is -2.33. The van der Waals surface area contributed by atoms with Crippen LogP contribution in [0.25, 0.3) is 10.8 Å².